The molecule has 0 aromatic heterocycles. The Balaban J connectivity index is 1.72. The zero-order chi connectivity index (χ0) is 26.5. The van der Waals surface area contributed by atoms with Gasteiger partial charge in [0.2, 0.25) is 15.9 Å². The number of nitrogens with one attached hydrogen (secondary N) is 1. The molecule has 1 atom stereocenters. The highest BCUT2D eigenvalue weighted by atomic mass is 32.2. The number of sulfonamides is 1. The van der Waals surface area contributed by atoms with Gasteiger partial charge < -0.3 is 14.8 Å². The van der Waals surface area contributed by atoms with Crippen LogP contribution >= 0.6 is 0 Å². The van der Waals surface area contributed by atoms with Crippen LogP contribution in [0.1, 0.15) is 80.7 Å². The number of hydrogen-bond acceptors (Lipinski definition) is 5. The Morgan fingerprint density at radius 2 is 1.64 bits per heavy atom. The minimum Gasteiger partial charge on any atom is -0.496 e. The van der Waals surface area contributed by atoms with Crippen LogP contribution in [0.4, 0.5) is 0 Å². The summed E-state index contributed by atoms with van der Waals surface area (Å²) in [6.45, 7) is 9.33. The van der Waals surface area contributed by atoms with Gasteiger partial charge in [-0.25, -0.2) is 8.42 Å². The average Bonchev–Trinajstić information content (AvgIpc) is 2.87. The molecule has 2 aromatic carbocycles. The van der Waals surface area contributed by atoms with Crippen molar-refractivity contribution < 1.29 is 22.7 Å². The van der Waals surface area contributed by atoms with Crippen LogP contribution in [0, 0.1) is 6.92 Å². The first-order valence-corrected chi connectivity index (χ1v) is 14.2. The number of amides is 1. The summed E-state index contributed by atoms with van der Waals surface area (Å²) in [5.41, 5.74) is 3.93. The van der Waals surface area contributed by atoms with Gasteiger partial charge in [0.25, 0.3) is 0 Å². The van der Waals surface area contributed by atoms with E-state index in [2.05, 4.69) is 25.2 Å². The van der Waals surface area contributed by atoms with Gasteiger partial charge in [-0.3, -0.25) is 4.79 Å². The number of piperidine rings is 1. The van der Waals surface area contributed by atoms with E-state index in [1.54, 1.807) is 36.7 Å². The largest absolute Gasteiger partial charge is 0.496 e. The van der Waals surface area contributed by atoms with Gasteiger partial charge in [0.15, 0.2) is 0 Å². The molecule has 1 heterocycles. The molecular weight excluding hydrogens is 476 g/mol. The van der Waals surface area contributed by atoms with E-state index >= 15 is 0 Å². The molecule has 1 aliphatic heterocycles. The number of hydrogen-bond donors (Lipinski definition) is 1. The smallest absolute Gasteiger partial charge is 0.243 e. The number of aryl methyl sites for hydroxylation is 2. The second-order valence-corrected chi connectivity index (χ2v) is 11.8. The van der Waals surface area contributed by atoms with Gasteiger partial charge >= 0.3 is 0 Å². The van der Waals surface area contributed by atoms with Gasteiger partial charge in [-0.05, 0) is 91.6 Å². The van der Waals surface area contributed by atoms with Crippen molar-refractivity contribution in [3.63, 3.8) is 0 Å². The van der Waals surface area contributed by atoms with Crippen LogP contribution in [0.2, 0.25) is 0 Å². The van der Waals surface area contributed by atoms with Crippen LogP contribution in [0.15, 0.2) is 35.2 Å². The summed E-state index contributed by atoms with van der Waals surface area (Å²) >= 11 is 0. The lowest BCUT2D eigenvalue weighted by atomic mass is 9.93. The van der Waals surface area contributed by atoms with Crippen LogP contribution in [0.5, 0.6) is 11.5 Å². The Bertz CT molecular complexity index is 1170. The third-order valence-corrected chi connectivity index (χ3v) is 8.81. The topological polar surface area (TPSA) is 84.9 Å². The number of carbonyl (C=O) groups is 1. The van der Waals surface area contributed by atoms with Gasteiger partial charge in [-0.15, -0.1) is 0 Å². The van der Waals surface area contributed by atoms with E-state index in [0.717, 1.165) is 41.7 Å². The van der Waals surface area contributed by atoms with Crippen molar-refractivity contribution in [2.75, 3.05) is 27.3 Å². The number of methoxy groups -OCH3 is 2. The predicted octanol–water partition coefficient (Wildman–Crippen LogP) is 5.12. The predicted molar refractivity (Wildman–Crippen MR) is 142 cm³/mol. The molecule has 3 rings (SSSR count). The Morgan fingerprint density at radius 1 is 0.972 bits per heavy atom. The molecule has 0 aliphatic carbocycles. The first-order valence-electron chi connectivity index (χ1n) is 12.7. The molecule has 0 bridgehead atoms. The fraction of sp³-hybridized carbons (Fsp3) is 0.536. The molecule has 0 spiro atoms. The van der Waals surface area contributed by atoms with Crippen molar-refractivity contribution in [2.45, 2.75) is 76.7 Å². The SMILES string of the molecule is COc1ccc(S(=O)(=O)N2CCCCC2)cc1CCC(=O)NC(C)c1cc(C(C)C)c(OC)cc1C. The third kappa shape index (κ3) is 6.40. The maximum absolute atomic E-state index is 13.1. The molecule has 1 N–H and O–H groups in total. The second-order valence-electron chi connectivity index (χ2n) is 9.83. The minimum absolute atomic E-state index is 0.102. The number of rotatable bonds is 10. The van der Waals surface area contributed by atoms with E-state index in [9.17, 15) is 13.2 Å². The minimum atomic E-state index is -3.56. The van der Waals surface area contributed by atoms with Crippen molar-refractivity contribution in [2.24, 2.45) is 0 Å². The molecule has 1 saturated heterocycles. The third-order valence-electron chi connectivity index (χ3n) is 6.91. The Labute approximate surface area is 216 Å². The maximum atomic E-state index is 13.1. The van der Waals surface area contributed by atoms with Crippen LogP contribution in [0.25, 0.3) is 0 Å². The highest BCUT2D eigenvalue weighted by molar-refractivity contribution is 7.89. The summed E-state index contributed by atoms with van der Waals surface area (Å²) in [6, 6.07) is 8.89. The lowest BCUT2D eigenvalue weighted by molar-refractivity contribution is -0.121. The first-order chi connectivity index (χ1) is 17.1. The molecule has 198 valence electrons. The second kappa shape index (κ2) is 12.1. The monoisotopic (exact) mass is 516 g/mol. The van der Waals surface area contributed by atoms with E-state index in [4.69, 9.17) is 9.47 Å². The normalized spacial score (nSPS) is 15.5. The number of carbonyl (C=O) groups excluding carboxylic acids is 1. The van der Waals surface area contributed by atoms with Crippen molar-refractivity contribution in [1.82, 2.24) is 9.62 Å². The summed E-state index contributed by atoms with van der Waals surface area (Å²) in [5.74, 6) is 1.63. The standard InChI is InChI=1S/C28H40N2O5S/c1-19(2)24-18-25(20(3)16-27(24)35-6)21(4)29-28(31)13-10-22-17-23(11-12-26(22)34-5)36(32,33)30-14-8-7-9-15-30/h11-12,16-19,21H,7-10,13-15H2,1-6H3,(H,29,31). The van der Waals surface area contributed by atoms with Crippen LogP contribution in [-0.4, -0.2) is 45.9 Å². The number of nitrogens with zero attached hydrogens (tertiary/aromatic N) is 1. The molecule has 1 amide bonds. The molecule has 2 aromatic rings. The number of ether oxygens (including phenoxy) is 2. The van der Waals surface area contributed by atoms with Crippen molar-refractivity contribution in [3.8, 4) is 11.5 Å². The zero-order valence-electron chi connectivity index (χ0n) is 22.4. The molecule has 1 unspecified atom stereocenters. The van der Waals surface area contributed by atoms with Gasteiger partial charge in [0, 0.05) is 19.5 Å². The van der Waals surface area contributed by atoms with Crippen molar-refractivity contribution >= 4 is 15.9 Å². The molecule has 1 fully saturated rings. The zero-order valence-corrected chi connectivity index (χ0v) is 23.2. The van der Waals surface area contributed by atoms with Gasteiger partial charge in [0.05, 0.1) is 25.2 Å². The summed E-state index contributed by atoms with van der Waals surface area (Å²) in [5, 5.41) is 3.10. The van der Waals surface area contributed by atoms with E-state index in [-0.39, 0.29) is 23.3 Å². The van der Waals surface area contributed by atoms with Crippen molar-refractivity contribution in [3.05, 3.63) is 52.6 Å². The summed E-state index contributed by atoms with van der Waals surface area (Å²) in [4.78, 5) is 13.1. The highest BCUT2D eigenvalue weighted by Gasteiger charge is 2.27. The van der Waals surface area contributed by atoms with Gasteiger partial charge in [-0.1, -0.05) is 20.3 Å². The van der Waals surface area contributed by atoms with E-state index in [1.807, 2.05) is 19.9 Å². The first kappa shape index (κ1) is 28.0. The lowest BCUT2D eigenvalue weighted by Crippen LogP contribution is -2.35. The van der Waals surface area contributed by atoms with Crippen LogP contribution < -0.4 is 14.8 Å². The van der Waals surface area contributed by atoms with E-state index < -0.39 is 10.0 Å². The molecule has 1 aliphatic rings. The van der Waals surface area contributed by atoms with E-state index in [1.165, 1.54) is 0 Å². The molecule has 0 saturated carbocycles. The van der Waals surface area contributed by atoms with Gasteiger partial charge in [-0.2, -0.15) is 4.31 Å². The van der Waals surface area contributed by atoms with Crippen LogP contribution in [-0.2, 0) is 21.2 Å². The van der Waals surface area contributed by atoms with E-state index in [0.29, 0.717) is 36.7 Å². The molecule has 8 heteroatoms. The Morgan fingerprint density at radius 3 is 2.25 bits per heavy atom. The van der Waals surface area contributed by atoms with Crippen LogP contribution in [0.3, 0.4) is 0 Å². The fourth-order valence-corrected chi connectivity index (χ4v) is 6.38. The fourth-order valence-electron chi connectivity index (χ4n) is 4.81. The Hall–Kier alpha value is -2.58. The molecular formula is C28H40N2O5S. The number of benzene rings is 2. The molecule has 0 radical (unpaired) electrons. The average molecular weight is 517 g/mol. The summed E-state index contributed by atoms with van der Waals surface area (Å²) in [6.07, 6.45) is 3.42. The highest BCUT2D eigenvalue weighted by Crippen LogP contribution is 2.32. The Kier molecular flexibility index (Phi) is 9.41. The van der Waals surface area contributed by atoms with Gasteiger partial charge in [0.1, 0.15) is 11.5 Å². The summed E-state index contributed by atoms with van der Waals surface area (Å²) in [7, 11) is -0.331. The van der Waals surface area contributed by atoms with Crippen molar-refractivity contribution in [1.29, 1.82) is 0 Å². The quantitative estimate of drug-likeness (QED) is 0.474. The summed E-state index contributed by atoms with van der Waals surface area (Å²) < 4.78 is 38.8. The lowest BCUT2D eigenvalue weighted by Gasteiger charge is -2.26. The maximum Gasteiger partial charge on any atom is 0.243 e. The molecule has 7 nitrogen and oxygen atoms in total. The molecule has 36 heavy (non-hydrogen) atoms.